The standard InChI is InChI=1S/C21H28N4O2/c1-5-6-11-24(2)14-18-21(23-20-10-7-15(22)13-25(18)20)17-12-16(26-3)8-9-19(17)27-4/h7-10,12-13H,5-6,11,14,22H2,1-4H3. The smallest absolute Gasteiger partial charge is 0.137 e. The molecular formula is C21H28N4O2. The van der Waals surface area contributed by atoms with E-state index in [0.29, 0.717) is 5.69 Å². The lowest BCUT2D eigenvalue weighted by Gasteiger charge is -2.18. The molecule has 2 heterocycles. The molecule has 0 spiro atoms. The molecule has 3 aromatic rings. The molecule has 0 saturated carbocycles. The fraction of sp³-hybridized carbons (Fsp3) is 0.381. The Morgan fingerprint density at radius 1 is 1.15 bits per heavy atom. The van der Waals surface area contributed by atoms with Crippen LogP contribution in [0.2, 0.25) is 0 Å². The van der Waals surface area contributed by atoms with Gasteiger partial charge in [0.25, 0.3) is 0 Å². The van der Waals surface area contributed by atoms with Gasteiger partial charge in [-0.3, -0.25) is 0 Å². The van der Waals surface area contributed by atoms with Crippen molar-refractivity contribution < 1.29 is 9.47 Å². The summed E-state index contributed by atoms with van der Waals surface area (Å²) < 4.78 is 13.1. The van der Waals surface area contributed by atoms with E-state index in [2.05, 4.69) is 23.3 Å². The highest BCUT2D eigenvalue weighted by Gasteiger charge is 2.19. The average Bonchev–Trinajstić information content (AvgIpc) is 3.03. The molecule has 1 aromatic carbocycles. The first-order chi connectivity index (χ1) is 13.1. The van der Waals surface area contributed by atoms with Gasteiger partial charge in [-0.25, -0.2) is 4.98 Å². The number of rotatable bonds is 8. The van der Waals surface area contributed by atoms with Crippen LogP contribution in [0, 0.1) is 0 Å². The highest BCUT2D eigenvalue weighted by Crippen LogP contribution is 2.36. The molecular weight excluding hydrogens is 340 g/mol. The maximum Gasteiger partial charge on any atom is 0.137 e. The van der Waals surface area contributed by atoms with E-state index in [4.69, 9.17) is 20.2 Å². The van der Waals surface area contributed by atoms with Crippen molar-refractivity contribution in [2.24, 2.45) is 0 Å². The van der Waals surface area contributed by atoms with E-state index < -0.39 is 0 Å². The first-order valence-electron chi connectivity index (χ1n) is 9.24. The highest BCUT2D eigenvalue weighted by molar-refractivity contribution is 5.74. The molecule has 0 aliphatic carbocycles. The number of methoxy groups -OCH3 is 2. The number of imidazole rings is 1. The van der Waals surface area contributed by atoms with Gasteiger partial charge in [-0.05, 0) is 50.3 Å². The van der Waals surface area contributed by atoms with E-state index in [1.54, 1.807) is 14.2 Å². The number of benzene rings is 1. The van der Waals surface area contributed by atoms with Crippen LogP contribution in [0.5, 0.6) is 11.5 Å². The van der Waals surface area contributed by atoms with E-state index in [0.717, 1.165) is 53.6 Å². The van der Waals surface area contributed by atoms with Crippen LogP contribution in [0.15, 0.2) is 36.5 Å². The second kappa shape index (κ2) is 8.31. The van der Waals surface area contributed by atoms with E-state index in [9.17, 15) is 0 Å². The second-order valence-electron chi connectivity index (χ2n) is 6.76. The minimum Gasteiger partial charge on any atom is -0.497 e. The Morgan fingerprint density at radius 3 is 2.67 bits per heavy atom. The summed E-state index contributed by atoms with van der Waals surface area (Å²) in [5, 5.41) is 0. The van der Waals surface area contributed by atoms with E-state index in [1.165, 1.54) is 6.42 Å². The largest absolute Gasteiger partial charge is 0.497 e. The van der Waals surface area contributed by atoms with Gasteiger partial charge in [0.05, 0.1) is 25.6 Å². The Labute approximate surface area is 160 Å². The molecule has 0 fully saturated rings. The molecule has 3 rings (SSSR count). The summed E-state index contributed by atoms with van der Waals surface area (Å²) in [6.07, 6.45) is 4.26. The number of anilines is 1. The maximum absolute atomic E-state index is 6.05. The molecule has 27 heavy (non-hydrogen) atoms. The number of hydrogen-bond donors (Lipinski definition) is 1. The van der Waals surface area contributed by atoms with Crippen molar-refractivity contribution in [3.63, 3.8) is 0 Å². The fourth-order valence-electron chi connectivity index (χ4n) is 3.24. The first-order valence-corrected chi connectivity index (χ1v) is 9.24. The molecule has 144 valence electrons. The van der Waals surface area contributed by atoms with Crippen molar-refractivity contribution in [1.29, 1.82) is 0 Å². The first kappa shape index (κ1) is 19.0. The molecule has 6 heteroatoms. The van der Waals surface area contributed by atoms with Crippen LogP contribution in [0.1, 0.15) is 25.5 Å². The summed E-state index contributed by atoms with van der Waals surface area (Å²) in [6, 6.07) is 9.60. The predicted octanol–water partition coefficient (Wildman–Crippen LogP) is 3.83. The Bertz CT molecular complexity index is 920. The van der Waals surface area contributed by atoms with E-state index in [1.807, 2.05) is 36.5 Å². The van der Waals surface area contributed by atoms with Gasteiger partial charge in [0, 0.05) is 24.0 Å². The molecule has 0 unspecified atom stereocenters. The van der Waals surface area contributed by atoms with Gasteiger partial charge in [0.1, 0.15) is 17.1 Å². The lowest BCUT2D eigenvalue weighted by atomic mass is 10.1. The predicted molar refractivity (Wildman–Crippen MR) is 109 cm³/mol. The van der Waals surface area contributed by atoms with Crippen LogP contribution in [-0.2, 0) is 6.54 Å². The van der Waals surface area contributed by atoms with Crippen molar-refractivity contribution in [2.45, 2.75) is 26.3 Å². The number of unbranched alkanes of at least 4 members (excludes halogenated alkanes) is 1. The SMILES string of the molecule is CCCCN(C)Cc1c(-c2cc(OC)ccc2OC)nc2ccc(N)cn12. The summed E-state index contributed by atoms with van der Waals surface area (Å²) in [5.74, 6) is 1.54. The summed E-state index contributed by atoms with van der Waals surface area (Å²) in [7, 11) is 5.47. The van der Waals surface area contributed by atoms with Gasteiger partial charge in [0.15, 0.2) is 0 Å². The number of ether oxygens (including phenoxy) is 2. The van der Waals surface area contributed by atoms with Gasteiger partial charge < -0.3 is 24.5 Å². The van der Waals surface area contributed by atoms with Crippen LogP contribution in [-0.4, -0.2) is 42.1 Å². The molecule has 0 radical (unpaired) electrons. The van der Waals surface area contributed by atoms with E-state index in [-0.39, 0.29) is 0 Å². The minimum atomic E-state index is 0.710. The van der Waals surface area contributed by atoms with E-state index >= 15 is 0 Å². The molecule has 0 saturated heterocycles. The zero-order valence-electron chi connectivity index (χ0n) is 16.5. The van der Waals surface area contributed by atoms with Gasteiger partial charge in [-0.2, -0.15) is 0 Å². The van der Waals surface area contributed by atoms with Crippen LogP contribution < -0.4 is 15.2 Å². The summed E-state index contributed by atoms with van der Waals surface area (Å²) >= 11 is 0. The van der Waals surface area contributed by atoms with Crippen molar-refractivity contribution in [1.82, 2.24) is 14.3 Å². The number of nitrogens with zero attached hydrogens (tertiary/aromatic N) is 3. The third-order valence-electron chi connectivity index (χ3n) is 4.72. The van der Waals surface area contributed by atoms with Crippen LogP contribution in [0.25, 0.3) is 16.9 Å². The number of fused-ring (bicyclic) bond motifs is 1. The fourth-order valence-corrected chi connectivity index (χ4v) is 3.24. The molecule has 0 aliphatic rings. The minimum absolute atomic E-state index is 0.710. The van der Waals surface area contributed by atoms with Gasteiger partial charge in [-0.1, -0.05) is 13.3 Å². The molecule has 2 aromatic heterocycles. The average molecular weight is 368 g/mol. The Kier molecular flexibility index (Phi) is 5.86. The van der Waals surface area contributed by atoms with Crippen LogP contribution in [0.3, 0.4) is 0 Å². The number of hydrogen-bond acceptors (Lipinski definition) is 5. The highest BCUT2D eigenvalue weighted by atomic mass is 16.5. The molecule has 0 bridgehead atoms. The van der Waals surface area contributed by atoms with Crippen molar-refractivity contribution >= 4 is 11.3 Å². The summed E-state index contributed by atoms with van der Waals surface area (Å²) in [4.78, 5) is 7.20. The Hall–Kier alpha value is -2.73. The Balaban J connectivity index is 2.16. The second-order valence-corrected chi connectivity index (χ2v) is 6.76. The number of nitrogens with two attached hydrogens (primary N) is 1. The van der Waals surface area contributed by atoms with Gasteiger partial charge >= 0.3 is 0 Å². The zero-order chi connectivity index (χ0) is 19.4. The lowest BCUT2D eigenvalue weighted by molar-refractivity contribution is 0.316. The van der Waals surface area contributed by atoms with Crippen molar-refractivity contribution in [2.75, 3.05) is 33.5 Å². The lowest BCUT2D eigenvalue weighted by Crippen LogP contribution is -2.20. The zero-order valence-corrected chi connectivity index (χ0v) is 16.5. The number of pyridine rings is 1. The molecule has 0 atom stereocenters. The Morgan fingerprint density at radius 2 is 1.96 bits per heavy atom. The quantitative estimate of drug-likeness (QED) is 0.654. The normalized spacial score (nSPS) is 11.3. The maximum atomic E-state index is 6.05. The third-order valence-corrected chi connectivity index (χ3v) is 4.72. The monoisotopic (exact) mass is 368 g/mol. The molecule has 6 nitrogen and oxygen atoms in total. The summed E-state index contributed by atoms with van der Waals surface area (Å²) in [5.41, 5.74) is 10.5. The number of nitrogen functional groups attached to an aromatic ring is 1. The van der Waals surface area contributed by atoms with Gasteiger partial charge in [0.2, 0.25) is 0 Å². The number of aromatic nitrogens is 2. The van der Waals surface area contributed by atoms with Crippen LogP contribution in [0.4, 0.5) is 5.69 Å². The third kappa shape index (κ3) is 4.01. The van der Waals surface area contributed by atoms with Gasteiger partial charge in [-0.15, -0.1) is 0 Å². The molecule has 0 amide bonds. The van der Waals surface area contributed by atoms with Crippen molar-refractivity contribution in [3.8, 4) is 22.8 Å². The topological polar surface area (TPSA) is 65.0 Å². The van der Waals surface area contributed by atoms with Crippen molar-refractivity contribution in [3.05, 3.63) is 42.2 Å². The summed E-state index contributed by atoms with van der Waals surface area (Å²) in [6.45, 7) is 4.00. The molecule has 2 N–H and O–H groups in total. The van der Waals surface area contributed by atoms with Crippen LogP contribution >= 0.6 is 0 Å². The molecule has 0 aliphatic heterocycles.